The predicted octanol–water partition coefficient (Wildman–Crippen LogP) is 3.70. The molecular weight excluding hydrogens is 360 g/mol. The standard InChI is InChI=1S/C25H36N2O2/c28-25(21-10-15-29-16-11-21)27-17-22-7-8-23(24(22)18-27)20-5-3-19(4-6-20)9-14-26-12-1-2-13-26/h3-6,21-24H,1-2,7-18H2/t22-,23+,24+/m1/s1. The highest BCUT2D eigenvalue weighted by molar-refractivity contribution is 5.79. The van der Waals surface area contributed by atoms with Crippen LogP contribution in [0.25, 0.3) is 0 Å². The lowest BCUT2D eigenvalue weighted by molar-refractivity contribution is -0.137. The molecule has 4 heteroatoms. The van der Waals surface area contributed by atoms with Gasteiger partial charge in [0.15, 0.2) is 0 Å². The molecule has 4 nitrogen and oxygen atoms in total. The molecular formula is C25H36N2O2. The fourth-order valence-electron chi connectivity index (χ4n) is 6.29. The Morgan fingerprint density at radius 1 is 0.966 bits per heavy atom. The molecule has 3 heterocycles. The first-order valence-corrected chi connectivity index (χ1v) is 12.0. The minimum atomic E-state index is 0.205. The molecule has 0 spiro atoms. The van der Waals surface area contributed by atoms with Crippen LogP contribution in [0.3, 0.4) is 0 Å². The van der Waals surface area contributed by atoms with Crippen LogP contribution in [0, 0.1) is 17.8 Å². The molecule has 4 aliphatic rings. The van der Waals surface area contributed by atoms with Gasteiger partial charge in [-0.25, -0.2) is 0 Å². The molecule has 3 saturated heterocycles. The average molecular weight is 397 g/mol. The Labute approximate surface area is 175 Å². The number of likely N-dealkylation sites (tertiary alicyclic amines) is 2. The molecule has 0 bridgehead atoms. The van der Waals surface area contributed by atoms with Gasteiger partial charge in [-0.15, -0.1) is 0 Å². The van der Waals surface area contributed by atoms with E-state index in [1.807, 2.05) is 0 Å². The Bertz CT molecular complexity index is 691. The van der Waals surface area contributed by atoms with E-state index in [-0.39, 0.29) is 5.92 Å². The van der Waals surface area contributed by atoms with Crippen LogP contribution in [0.4, 0.5) is 0 Å². The number of carbonyl (C=O) groups is 1. The number of hydrogen-bond acceptors (Lipinski definition) is 3. The summed E-state index contributed by atoms with van der Waals surface area (Å²) >= 11 is 0. The van der Waals surface area contributed by atoms with Gasteiger partial charge < -0.3 is 14.5 Å². The van der Waals surface area contributed by atoms with E-state index in [1.165, 1.54) is 62.9 Å². The van der Waals surface area contributed by atoms with Crippen LogP contribution >= 0.6 is 0 Å². The lowest BCUT2D eigenvalue weighted by Gasteiger charge is -2.27. The van der Waals surface area contributed by atoms with Crippen LogP contribution in [0.5, 0.6) is 0 Å². The lowest BCUT2D eigenvalue weighted by atomic mass is 9.86. The van der Waals surface area contributed by atoms with E-state index in [1.54, 1.807) is 0 Å². The topological polar surface area (TPSA) is 32.8 Å². The van der Waals surface area contributed by atoms with Crippen LogP contribution in [-0.4, -0.2) is 61.6 Å². The average Bonchev–Trinajstić information content (AvgIpc) is 3.50. The van der Waals surface area contributed by atoms with Crippen molar-refractivity contribution in [1.29, 1.82) is 0 Å². The number of amides is 1. The van der Waals surface area contributed by atoms with Gasteiger partial charge in [-0.1, -0.05) is 24.3 Å². The van der Waals surface area contributed by atoms with E-state index in [0.717, 1.165) is 39.1 Å². The van der Waals surface area contributed by atoms with Crippen molar-refractivity contribution in [2.45, 2.75) is 50.9 Å². The van der Waals surface area contributed by atoms with E-state index in [0.29, 0.717) is 23.7 Å². The molecule has 3 atom stereocenters. The molecule has 0 N–H and O–H groups in total. The molecule has 1 aliphatic carbocycles. The molecule has 1 aromatic rings. The molecule has 1 saturated carbocycles. The monoisotopic (exact) mass is 396 g/mol. The molecule has 5 rings (SSSR count). The Morgan fingerprint density at radius 2 is 1.72 bits per heavy atom. The van der Waals surface area contributed by atoms with E-state index in [2.05, 4.69) is 34.1 Å². The molecule has 29 heavy (non-hydrogen) atoms. The predicted molar refractivity (Wildman–Crippen MR) is 115 cm³/mol. The number of fused-ring (bicyclic) bond motifs is 1. The van der Waals surface area contributed by atoms with Gasteiger partial charge in [0.1, 0.15) is 0 Å². The second-order valence-electron chi connectivity index (χ2n) is 9.78. The Kier molecular flexibility index (Phi) is 5.92. The van der Waals surface area contributed by atoms with Gasteiger partial charge in [0.25, 0.3) is 0 Å². The first-order chi connectivity index (χ1) is 14.3. The summed E-state index contributed by atoms with van der Waals surface area (Å²) in [5.74, 6) is 2.61. The van der Waals surface area contributed by atoms with E-state index < -0.39 is 0 Å². The molecule has 0 radical (unpaired) electrons. The minimum Gasteiger partial charge on any atom is -0.381 e. The molecule has 0 unspecified atom stereocenters. The van der Waals surface area contributed by atoms with E-state index in [4.69, 9.17) is 4.74 Å². The normalized spacial score (nSPS) is 30.8. The fourth-order valence-corrected chi connectivity index (χ4v) is 6.29. The Balaban J connectivity index is 1.18. The first-order valence-electron chi connectivity index (χ1n) is 12.0. The SMILES string of the molecule is O=C(C1CCOCC1)N1C[C@H]2CC[C@@H](c3ccc(CCN4CCCC4)cc3)[C@H]2C1. The third kappa shape index (κ3) is 4.25. The zero-order chi connectivity index (χ0) is 19.6. The van der Waals surface area contributed by atoms with Gasteiger partial charge in [-0.05, 0) is 86.9 Å². The van der Waals surface area contributed by atoms with Crippen molar-refractivity contribution in [2.75, 3.05) is 45.9 Å². The van der Waals surface area contributed by atoms with Crippen molar-refractivity contribution in [1.82, 2.24) is 9.80 Å². The van der Waals surface area contributed by atoms with Crippen LogP contribution in [-0.2, 0) is 16.0 Å². The maximum Gasteiger partial charge on any atom is 0.225 e. The maximum absolute atomic E-state index is 13.0. The summed E-state index contributed by atoms with van der Waals surface area (Å²) in [4.78, 5) is 17.8. The smallest absolute Gasteiger partial charge is 0.225 e. The number of carbonyl (C=O) groups excluding carboxylic acids is 1. The molecule has 3 aliphatic heterocycles. The zero-order valence-electron chi connectivity index (χ0n) is 17.7. The van der Waals surface area contributed by atoms with Crippen LogP contribution < -0.4 is 0 Å². The van der Waals surface area contributed by atoms with Gasteiger partial charge in [0.2, 0.25) is 5.91 Å². The molecule has 4 fully saturated rings. The van der Waals surface area contributed by atoms with Crippen molar-refractivity contribution in [3.63, 3.8) is 0 Å². The number of hydrogen-bond donors (Lipinski definition) is 0. The second-order valence-corrected chi connectivity index (χ2v) is 9.78. The van der Waals surface area contributed by atoms with Crippen molar-refractivity contribution < 1.29 is 9.53 Å². The highest BCUT2D eigenvalue weighted by Crippen LogP contribution is 2.48. The number of nitrogens with zero attached hydrogens (tertiary/aromatic N) is 2. The van der Waals surface area contributed by atoms with E-state index >= 15 is 0 Å². The summed E-state index contributed by atoms with van der Waals surface area (Å²) in [5.41, 5.74) is 2.97. The summed E-state index contributed by atoms with van der Waals surface area (Å²) in [5, 5.41) is 0. The zero-order valence-corrected chi connectivity index (χ0v) is 17.7. The van der Waals surface area contributed by atoms with Crippen molar-refractivity contribution >= 4 is 5.91 Å². The summed E-state index contributed by atoms with van der Waals surface area (Å²) in [6.45, 7) is 7.25. The number of ether oxygens (including phenoxy) is 1. The Morgan fingerprint density at radius 3 is 2.48 bits per heavy atom. The van der Waals surface area contributed by atoms with Crippen molar-refractivity contribution in [3.05, 3.63) is 35.4 Å². The second kappa shape index (κ2) is 8.77. The maximum atomic E-state index is 13.0. The summed E-state index contributed by atoms with van der Waals surface area (Å²) in [6, 6.07) is 9.49. The first kappa shape index (κ1) is 19.6. The quantitative estimate of drug-likeness (QED) is 0.761. The molecule has 1 amide bonds. The highest BCUT2D eigenvalue weighted by atomic mass is 16.5. The van der Waals surface area contributed by atoms with Crippen LogP contribution in [0.2, 0.25) is 0 Å². The third-order valence-corrected chi connectivity index (χ3v) is 8.06. The summed E-state index contributed by atoms with van der Waals surface area (Å²) in [7, 11) is 0. The largest absolute Gasteiger partial charge is 0.381 e. The molecule has 1 aromatic carbocycles. The van der Waals surface area contributed by atoms with Crippen molar-refractivity contribution in [3.8, 4) is 0 Å². The lowest BCUT2D eigenvalue weighted by Crippen LogP contribution is -2.37. The number of rotatable bonds is 5. The van der Waals surface area contributed by atoms with Crippen LogP contribution in [0.1, 0.15) is 55.6 Å². The van der Waals surface area contributed by atoms with E-state index in [9.17, 15) is 4.79 Å². The summed E-state index contributed by atoms with van der Waals surface area (Å²) in [6.07, 6.45) is 8.31. The summed E-state index contributed by atoms with van der Waals surface area (Å²) < 4.78 is 5.44. The Hall–Kier alpha value is -1.39. The molecule has 0 aromatic heterocycles. The van der Waals surface area contributed by atoms with Crippen molar-refractivity contribution in [2.24, 2.45) is 17.8 Å². The highest BCUT2D eigenvalue weighted by Gasteiger charge is 2.45. The fraction of sp³-hybridized carbons (Fsp3) is 0.720. The van der Waals surface area contributed by atoms with Crippen LogP contribution in [0.15, 0.2) is 24.3 Å². The third-order valence-electron chi connectivity index (χ3n) is 8.06. The van der Waals surface area contributed by atoms with Gasteiger partial charge in [-0.3, -0.25) is 4.79 Å². The van der Waals surface area contributed by atoms with Gasteiger partial charge in [0, 0.05) is 38.8 Å². The van der Waals surface area contributed by atoms with Gasteiger partial charge >= 0.3 is 0 Å². The van der Waals surface area contributed by atoms with Gasteiger partial charge in [-0.2, -0.15) is 0 Å². The molecule has 158 valence electrons. The van der Waals surface area contributed by atoms with Gasteiger partial charge in [0.05, 0.1) is 0 Å². The minimum absolute atomic E-state index is 0.205. The number of benzene rings is 1.